The lowest BCUT2D eigenvalue weighted by molar-refractivity contribution is -0.121. The van der Waals surface area contributed by atoms with E-state index in [-0.39, 0.29) is 23.9 Å². The van der Waals surface area contributed by atoms with Crippen molar-refractivity contribution >= 4 is 31.9 Å². The molecule has 0 aliphatic carbocycles. The summed E-state index contributed by atoms with van der Waals surface area (Å²) in [5.74, 6) is -0.306. The third-order valence-electron chi connectivity index (χ3n) is 5.33. The van der Waals surface area contributed by atoms with Crippen LogP contribution in [0.1, 0.15) is 17.5 Å². The molecule has 1 saturated heterocycles. The van der Waals surface area contributed by atoms with Gasteiger partial charge in [0, 0.05) is 30.7 Å². The fourth-order valence-corrected chi connectivity index (χ4v) is 5.10. The lowest BCUT2D eigenvalue weighted by Gasteiger charge is -2.26. The number of carbonyl (C=O) groups excluding carboxylic acids is 1. The average Bonchev–Trinajstić information content (AvgIpc) is 2.79. The van der Waals surface area contributed by atoms with Gasteiger partial charge in [-0.05, 0) is 49.7 Å². The van der Waals surface area contributed by atoms with Crippen LogP contribution in [-0.2, 0) is 26.1 Å². The van der Waals surface area contributed by atoms with Crippen LogP contribution in [0.5, 0.6) is 0 Å². The number of aryl methyl sites for hydroxylation is 1. The van der Waals surface area contributed by atoms with Crippen LogP contribution in [0.25, 0.3) is 0 Å². The highest BCUT2D eigenvalue weighted by molar-refractivity contribution is 9.10. The van der Waals surface area contributed by atoms with Gasteiger partial charge in [-0.2, -0.15) is 4.31 Å². The van der Waals surface area contributed by atoms with Crippen LogP contribution in [-0.4, -0.2) is 69.5 Å². The molecule has 174 valence electrons. The van der Waals surface area contributed by atoms with Crippen molar-refractivity contribution < 1.29 is 17.9 Å². The lowest BCUT2D eigenvalue weighted by atomic mass is 10.1. The average molecular weight is 524 g/mol. The first-order valence-electron chi connectivity index (χ1n) is 10.7. The Morgan fingerprint density at radius 2 is 1.75 bits per heavy atom. The number of halogens is 1. The van der Waals surface area contributed by atoms with Gasteiger partial charge in [-0.3, -0.25) is 9.69 Å². The summed E-state index contributed by atoms with van der Waals surface area (Å²) in [4.78, 5) is 15.1. The van der Waals surface area contributed by atoms with Crippen LogP contribution in [0.15, 0.2) is 57.9 Å². The normalized spacial score (nSPS) is 15.1. The molecule has 9 heteroatoms. The molecule has 0 atom stereocenters. The van der Waals surface area contributed by atoms with Crippen LogP contribution in [0.4, 0.5) is 0 Å². The second-order valence-electron chi connectivity index (χ2n) is 7.87. The van der Waals surface area contributed by atoms with E-state index in [4.69, 9.17) is 4.74 Å². The molecular weight excluding hydrogens is 494 g/mol. The Morgan fingerprint density at radius 1 is 1.09 bits per heavy atom. The molecule has 0 radical (unpaired) electrons. The summed E-state index contributed by atoms with van der Waals surface area (Å²) in [5, 5.41) is 2.87. The number of morpholine rings is 1. The van der Waals surface area contributed by atoms with Crippen LogP contribution >= 0.6 is 15.9 Å². The van der Waals surface area contributed by atoms with Gasteiger partial charge in [-0.1, -0.05) is 45.8 Å². The Labute approximate surface area is 198 Å². The third-order valence-corrected chi connectivity index (χ3v) is 7.66. The van der Waals surface area contributed by atoms with Gasteiger partial charge in [-0.15, -0.1) is 0 Å². The zero-order valence-electron chi connectivity index (χ0n) is 18.3. The van der Waals surface area contributed by atoms with Crippen molar-refractivity contribution in [1.82, 2.24) is 14.5 Å². The van der Waals surface area contributed by atoms with Gasteiger partial charge in [0.1, 0.15) is 0 Å². The predicted molar refractivity (Wildman–Crippen MR) is 128 cm³/mol. The molecule has 0 aromatic heterocycles. The molecule has 0 spiro atoms. The molecular formula is C23H30BrN3O4S. The summed E-state index contributed by atoms with van der Waals surface area (Å²) in [6.07, 6.45) is 0.809. The molecule has 0 unspecified atom stereocenters. The Balaban J connectivity index is 1.64. The summed E-state index contributed by atoms with van der Waals surface area (Å²) >= 11 is 3.33. The Kier molecular flexibility index (Phi) is 9.24. The molecule has 3 rings (SSSR count). The third kappa shape index (κ3) is 7.38. The van der Waals surface area contributed by atoms with Crippen molar-refractivity contribution in [3.63, 3.8) is 0 Å². The largest absolute Gasteiger partial charge is 0.379 e. The van der Waals surface area contributed by atoms with Gasteiger partial charge in [-0.25, -0.2) is 8.42 Å². The minimum atomic E-state index is -3.84. The molecule has 2 aromatic carbocycles. The molecule has 0 saturated carbocycles. The number of nitrogens with zero attached hydrogens (tertiary/aromatic N) is 2. The summed E-state index contributed by atoms with van der Waals surface area (Å²) in [5.41, 5.74) is 1.92. The standard InChI is InChI=1S/C23H30BrN3O4S/c1-19-3-5-20(6-4-19)17-27(32(29,30)22-9-7-21(24)8-10-22)18-23(28)25-11-2-12-26-13-15-31-16-14-26/h3-10H,2,11-18H2,1H3,(H,25,28). The molecule has 1 aliphatic heterocycles. The van der Waals surface area contributed by atoms with Gasteiger partial charge in [0.2, 0.25) is 15.9 Å². The van der Waals surface area contributed by atoms with Crippen LogP contribution in [0, 0.1) is 6.92 Å². The summed E-state index contributed by atoms with van der Waals surface area (Å²) in [7, 11) is -3.84. The highest BCUT2D eigenvalue weighted by Crippen LogP contribution is 2.21. The first-order chi connectivity index (χ1) is 15.3. The molecule has 0 bridgehead atoms. The number of ether oxygens (including phenoxy) is 1. The summed E-state index contributed by atoms with van der Waals surface area (Å²) < 4.78 is 34.0. The number of sulfonamides is 1. The zero-order valence-corrected chi connectivity index (χ0v) is 20.7. The van der Waals surface area contributed by atoms with Gasteiger partial charge in [0.25, 0.3) is 0 Å². The van der Waals surface area contributed by atoms with E-state index >= 15 is 0 Å². The maximum atomic E-state index is 13.3. The van der Waals surface area contributed by atoms with Crippen molar-refractivity contribution in [1.29, 1.82) is 0 Å². The first-order valence-corrected chi connectivity index (χ1v) is 13.0. The Bertz CT molecular complexity index is 975. The second kappa shape index (κ2) is 11.9. The van der Waals surface area contributed by atoms with E-state index in [9.17, 15) is 13.2 Å². The SMILES string of the molecule is Cc1ccc(CN(CC(=O)NCCCN2CCOCC2)S(=O)(=O)c2ccc(Br)cc2)cc1. The zero-order chi connectivity index (χ0) is 23.0. The van der Waals surface area contributed by atoms with E-state index in [2.05, 4.69) is 26.1 Å². The van der Waals surface area contributed by atoms with Gasteiger partial charge >= 0.3 is 0 Å². The molecule has 32 heavy (non-hydrogen) atoms. The molecule has 1 amide bonds. The highest BCUT2D eigenvalue weighted by Gasteiger charge is 2.27. The van der Waals surface area contributed by atoms with Crippen molar-refractivity contribution in [2.24, 2.45) is 0 Å². The summed E-state index contributed by atoms with van der Waals surface area (Å²) in [6.45, 7) is 6.56. The maximum absolute atomic E-state index is 13.3. The number of benzene rings is 2. The van der Waals surface area contributed by atoms with E-state index in [0.717, 1.165) is 54.9 Å². The van der Waals surface area contributed by atoms with Crippen molar-refractivity contribution in [2.45, 2.75) is 24.8 Å². The van der Waals surface area contributed by atoms with E-state index in [1.54, 1.807) is 24.3 Å². The van der Waals surface area contributed by atoms with E-state index in [1.165, 1.54) is 4.31 Å². The van der Waals surface area contributed by atoms with Gasteiger partial charge < -0.3 is 10.1 Å². The predicted octanol–water partition coefficient (Wildman–Crippen LogP) is 2.79. The Hall–Kier alpha value is -1.78. The minimum absolute atomic E-state index is 0.125. The monoisotopic (exact) mass is 523 g/mol. The molecule has 7 nitrogen and oxygen atoms in total. The first kappa shape index (κ1) is 24.9. The van der Waals surface area contributed by atoms with Crippen molar-refractivity contribution in [2.75, 3.05) is 45.9 Å². The maximum Gasteiger partial charge on any atom is 0.243 e. The number of amides is 1. The number of carbonyl (C=O) groups is 1. The minimum Gasteiger partial charge on any atom is -0.379 e. The second-order valence-corrected chi connectivity index (χ2v) is 10.7. The lowest BCUT2D eigenvalue weighted by Crippen LogP contribution is -2.41. The topological polar surface area (TPSA) is 79.0 Å². The number of nitrogens with one attached hydrogen (secondary N) is 1. The van der Waals surface area contributed by atoms with E-state index in [1.807, 2.05) is 31.2 Å². The molecule has 1 aliphatic rings. The quantitative estimate of drug-likeness (QED) is 0.484. The fourth-order valence-electron chi connectivity index (χ4n) is 3.45. The van der Waals surface area contributed by atoms with Gasteiger partial charge in [0.05, 0.1) is 24.7 Å². The molecule has 1 N–H and O–H groups in total. The number of hydrogen-bond acceptors (Lipinski definition) is 5. The fraction of sp³-hybridized carbons (Fsp3) is 0.435. The van der Waals surface area contributed by atoms with E-state index < -0.39 is 10.0 Å². The van der Waals surface area contributed by atoms with Crippen molar-refractivity contribution in [3.8, 4) is 0 Å². The Morgan fingerprint density at radius 3 is 2.41 bits per heavy atom. The van der Waals surface area contributed by atoms with Crippen LogP contribution in [0.2, 0.25) is 0 Å². The van der Waals surface area contributed by atoms with E-state index in [0.29, 0.717) is 6.54 Å². The molecule has 1 heterocycles. The highest BCUT2D eigenvalue weighted by atomic mass is 79.9. The number of hydrogen-bond donors (Lipinski definition) is 1. The van der Waals surface area contributed by atoms with Crippen LogP contribution < -0.4 is 5.32 Å². The van der Waals surface area contributed by atoms with Crippen LogP contribution in [0.3, 0.4) is 0 Å². The molecule has 2 aromatic rings. The summed E-state index contributed by atoms with van der Waals surface area (Å²) in [6, 6.07) is 14.1. The smallest absolute Gasteiger partial charge is 0.243 e. The molecule has 1 fully saturated rings. The van der Waals surface area contributed by atoms with Gasteiger partial charge in [0.15, 0.2) is 0 Å². The number of rotatable bonds is 10. The van der Waals surface area contributed by atoms with Crippen molar-refractivity contribution in [3.05, 3.63) is 64.1 Å².